The first-order chi connectivity index (χ1) is 9.19. The van der Waals surface area contributed by atoms with Gasteiger partial charge in [0.05, 0.1) is 12.6 Å². The second kappa shape index (κ2) is 6.54. The summed E-state index contributed by atoms with van der Waals surface area (Å²) in [5, 5.41) is 6.87. The van der Waals surface area contributed by atoms with Gasteiger partial charge in [-0.25, -0.2) is 0 Å². The predicted molar refractivity (Wildman–Crippen MR) is 74.9 cm³/mol. The summed E-state index contributed by atoms with van der Waals surface area (Å²) >= 11 is 0. The maximum Gasteiger partial charge on any atom is 0.306 e. The Morgan fingerprint density at radius 1 is 1.35 bits per heavy atom. The van der Waals surface area contributed by atoms with Crippen molar-refractivity contribution < 1.29 is 14.3 Å². The van der Waals surface area contributed by atoms with Gasteiger partial charge in [0.25, 0.3) is 0 Å². The van der Waals surface area contributed by atoms with Crippen LogP contribution in [0.1, 0.15) is 44.9 Å². The van der Waals surface area contributed by atoms with Gasteiger partial charge in [0.1, 0.15) is 5.60 Å². The molecule has 0 saturated heterocycles. The predicted octanol–water partition coefficient (Wildman–Crippen LogP) is 1.47. The molecule has 0 atom stereocenters. The average molecular weight is 281 g/mol. The fourth-order valence-electron chi connectivity index (χ4n) is 1.61. The standard InChI is InChI=1S/C14H23N3O3/c1-10-11(9-16-17(10)5)8-15-12(18)6-7-13(19)20-14(2,3)4/h9H,6-8H2,1-5H3,(H,15,18). The zero-order chi connectivity index (χ0) is 15.3. The minimum atomic E-state index is -0.514. The highest BCUT2D eigenvalue weighted by molar-refractivity contribution is 5.81. The molecular weight excluding hydrogens is 258 g/mol. The molecule has 1 N–H and O–H groups in total. The van der Waals surface area contributed by atoms with Crippen LogP contribution in [0.5, 0.6) is 0 Å². The van der Waals surface area contributed by atoms with Gasteiger partial charge in [0, 0.05) is 31.3 Å². The van der Waals surface area contributed by atoms with Crippen LogP contribution in [-0.2, 0) is 27.9 Å². The molecule has 1 amide bonds. The van der Waals surface area contributed by atoms with Crippen LogP contribution in [0.3, 0.4) is 0 Å². The second-order valence-corrected chi connectivity index (χ2v) is 5.74. The molecule has 1 aromatic heterocycles. The molecular formula is C14H23N3O3. The van der Waals surface area contributed by atoms with E-state index >= 15 is 0 Å². The van der Waals surface area contributed by atoms with Gasteiger partial charge in [-0.3, -0.25) is 14.3 Å². The molecule has 0 aromatic carbocycles. The number of carbonyl (C=O) groups excluding carboxylic acids is 2. The van der Waals surface area contributed by atoms with Crippen molar-refractivity contribution in [2.45, 2.75) is 52.7 Å². The van der Waals surface area contributed by atoms with Crippen LogP contribution < -0.4 is 5.32 Å². The molecule has 1 heterocycles. The van der Waals surface area contributed by atoms with E-state index in [9.17, 15) is 9.59 Å². The van der Waals surface area contributed by atoms with Crippen LogP contribution in [0.4, 0.5) is 0 Å². The Morgan fingerprint density at radius 3 is 2.50 bits per heavy atom. The second-order valence-electron chi connectivity index (χ2n) is 5.74. The topological polar surface area (TPSA) is 73.2 Å². The van der Waals surface area contributed by atoms with Crippen LogP contribution in [0.2, 0.25) is 0 Å². The van der Waals surface area contributed by atoms with Crippen molar-refractivity contribution in [2.24, 2.45) is 7.05 Å². The number of carbonyl (C=O) groups is 2. The molecule has 0 aliphatic rings. The lowest BCUT2D eigenvalue weighted by atomic mass is 10.2. The Kier molecular flexibility index (Phi) is 5.30. The van der Waals surface area contributed by atoms with Crippen LogP contribution in [0.25, 0.3) is 0 Å². The molecule has 0 aliphatic carbocycles. The number of aromatic nitrogens is 2. The maximum atomic E-state index is 11.7. The van der Waals surface area contributed by atoms with E-state index in [-0.39, 0.29) is 24.7 Å². The van der Waals surface area contributed by atoms with E-state index in [0.29, 0.717) is 6.54 Å². The number of hydrogen-bond donors (Lipinski definition) is 1. The number of nitrogens with zero attached hydrogens (tertiary/aromatic N) is 2. The monoisotopic (exact) mass is 281 g/mol. The quantitative estimate of drug-likeness (QED) is 0.829. The number of nitrogens with one attached hydrogen (secondary N) is 1. The van der Waals surface area contributed by atoms with E-state index < -0.39 is 5.60 Å². The van der Waals surface area contributed by atoms with Crippen molar-refractivity contribution in [1.82, 2.24) is 15.1 Å². The summed E-state index contributed by atoms with van der Waals surface area (Å²) in [5.74, 6) is -0.524. The third-order valence-corrected chi connectivity index (χ3v) is 2.79. The van der Waals surface area contributed by atoms with Crippen LogP contribution in [0.15, 0.2) is 6.20 Å². The molecule has 0 unspecified atom stereocenters. The van der Waals surface area contributed by atoms with Gasteiger partial charge in [-0.05, 0) is 27.7 Å². The molecule has 20 heavy (non-hydrogen) atoms. The molecule has 0 spiro atoms. The maximum absolute atomic E-state index is 11.7. The number of rotatable bonds is 5. The Bertz CT molecular complexity index is 486. The summed E-state index contributed by atoms with van der Waals surface area (Å²) in [5.41, 5.74) is 1.47. The van der Waals surface area contributed by atoms with Crippen molar-refractivity contribution in [3.8, 4) is 0 Å². The first kappa shape index (κ1) is 16.2. The number of aryl methyl sites for hydroxylation is 1. The molecule has 1 aromatic rings. The highest BCUT2D eigenvalue weighted by Crippen LogP contribution is 2.09. The van der Waals surface area contributed by atoms with Crippen molar-refractivity contribution in [3.05, 3.63) is 17.5 Å². The van der Waals surface area contributed by atoms with Gasteiger partial charge in [0.15, 0.2) is 0 Å². The fraction of sp³-hybridized carbons (Fsp3) is 0.643. The van der Waals surface area contributed by atoms with Crippen LogP contribution >= 0.6 is 0 Å². The van der Waals surface area contributed by atoms with E-state index in [4.69, 9.17) is 4.74 Å². The molecule has 0 aliphatic heterocycles. The largest absolute Gasteiger partial charge is 0.460 e. The number of hydrogen-bond acceptors (Lipinski definition) is 4. The zero-order valence-electron chi connectivity index (χ0n) is 12.8. The normalized spacial score (nSPS) is 11.2. The van der Waals surface area contributed by atoms with Gasteiger partial charge in [-0.15, -0.1) is 0 Å². The summed E-state index contributed by atoms with van der Waals surface area (Å²) in [6.45, 7) is 7.77. The highest BCUT2D eigenvalue weighted by Gasteiger charge is 2.17. The fourth-order valence-corrected chi connectivity index (χ4v) is 1.61. The van der Waals surface area contributed by atoms with Gasteiger partial charge in [0.2, 0.25) is 5.91 Å². The number of esters is 1. The van der Waals surface area contributed by atoms with E-state index in [1.807, 2.05) is 14.0 Å². The molecule has 6 heteroatoms. The highest BCUT2D eigenvalue weighted by atomic mass is 16.6. The molecule has 0 saturated carbocycles. The first-order valence-corrected chi connectivity index (χ1v) is 6.65. The van der Waals surface area contributed by atoms with Gasteiger partial charge < -0.3 is 10.1 Å². The number of ether oxygens (including phenoxy) is 1. The van der Waals surface area contributed by atoms with Crippen molar-refractivity contribution in [3.63, 3.8) is 0 Å². The smallest absolute Gasteiger partial charge is 0.306 e. The van der Waals surface area contributed by atoms with E-state index in [0.717, 1.165) is 11.3 Å². The van der Waals surface area contributed by atoms with E-state index in [2.05, 4.69) is 10.4 Å². The Balaban J connectivity index is 2.31. The van der Waals surface area contributed by atoms with Crippen molar-refractivity contribution in [1.29, 1.82) is 0 Å². The lowest BCUT2D eigenvalue weighted by Crippen LogP contribution is -2.27. The van der Waals surface area contributed by atoms with E-state index in [1.54, 1.807) is 31.6 Å². The third-order valence-electron chi connectivity index (χ3n) is 2.79. The lowest BCUT2D eigenvalue weighted by molar-refractivity contribution is -0.155. The molecule has 6 nitrogen and oxygen atoms in total. The molecule has 1 rings (SSSR count). The molecule has 0 fully saturated rings. The SMILES string of the molecule is Cc1c(CNC(=O)CCC(=O)OC(C)(C)C)cnn1C. The minimum absolute atomic E-state index is 0.0924. The Morgan fingerprint density at radius 2 is 2.00 bits per heavy atom. The molecule has 112 valence electrons. The Hall–Kier alpha value is -1.85. The van der Waals surface area contributed by atoms with Crippen molar-refractivity contribution in [2.75, 3.05) is 0 Å². The lowest BCUT2D eigenvalue weighted by Gasteiger charge is -2.19. The summed E-state index contributed by atoms with van der Waals surface area (Å²) in [6.07, 6.45) is 1.95. The summed E-state index contributed by atoms with van der Waals surface area (Å²) < 4.78 is 6.89. The third kappa shape index (κ3) is 5.42. The van der Waals surface area contributed by atoms with Crippen LogP contribution in [0, 0.1) is 6.92 Å². The van der Waals surface area contributed by atoms with Crippen LogP contribution in [-0.4, -0.2) is 27.3 Å². The summed E-state index contributed by atoms with van der Waals surface area (Å²) in [7, 11) is 1.85. The van der Waals surface area contributed by atoms with Gasteiger partial charge in [-0.1, -0.05) is 0 Å². The summed E-state index contributed by atoms with van der Waals surface area (Å²) in [4.78, 5) is 23.1. The average Bonchev–Trinajstić information content (AvgIpc) is 2.63. The Labute approximate surface area is 119 Å². The molecule has 0 bridgehead atoms. The van der Waals surface area contributed by atoms with E-state index in [1.165, 1.54) is 0 Å². The molecule has 0 radical (unpaired) electrons. The number of amides is 1. The first-order valence-electron chi connectivity index (χ1n) is 6.65. The van der Waals surface area contributed by atoms with Gasteiger partial charge >= 0.3 is 5.97 Å². The summed E-state index contributed by atoms with van der Waals surface area (Å²) in [6, 6.07) is 0. The zero-order valence-corrected chi connectivity index (χ0v) is 12.8. The van der Waals surface area contributed by atoms with Gasteiger partial charge in [-0.2, -0.15) is 5.10 Å². The minimum Gasteiger partial charge on any atom is -0.460 e. The van der Waals surface area contributed by atoms with Crippen molar-refractivity contribution >= 4 is 11.9 Å².